The number of aromatic amines is 1. The Bertz CT molecular complexity index is 935. The summed E-state index contributed by atoms with van der Waals surface area (Å²) in [5.41, 5.74) is 3.16. The number of hydrogen-bond donors (Lipinski definition) is 3. The van der Waals surface area contributed by atoms with E-state index in [1.807, 2.05) is 12.3 Å². The van der Waals surface area contributed by atoms with E-state index >= 15 is 0 Å². The Morgan fingerprint density at radius 3 is 2.81 bits per heavy atom. The van der Waals surface area contributed by atoms with Crippen molar-refractivity contribution in [1.82, 2.24) is 20.6 Å². The van der Waals surface area contributed by atoms with Gasteiger partial charge in [0.05, 0.1) is 12.2 Å². The molecule has 0 spiro atoms. The van der Waals surface area contributed by atoms with Gasteiger partial charge in [-0.25, -0.2) is 9.37 Å². The monoisotopic (exact) mass is 387 g/mol. The van der Waals surface area contributed by atoms with E-state index in [4.69, 9.17) is 0 Å². The van der Waals surface area contributed by atoms with Crippen molar-refractivity contribution in [3.8, 4) is 0 Å². The first-order chi connectivity index (χ1) is 12.9. The predicted molar refractivity (Wildman–Crippen MR) is 111 cm³/mol. The molecule has 3 N–H and O–H groups in total. The third-order valence-electron chi connectivity index (χ3n) is 4.37. The lowest BCUT2D eigenvalue weighted by Crippen LogP contribution is -2.37. The molecule has 0 aliphatic heterocycles. The highest BCUT2D eigenvalue weighted by molar-refractivity contribution is 7.09. The van der Waals surface area contributed by atoms with E-state index < -0.39 is 0 Å². The van der Waals surface area contributed by atoms with Crippen LogP contribution in [0.3, 0.4) is 0 Å². The number of benzene rings is 1. The first-order valence-corrected chi connectivity index (χ1v) is 9.89. The van der Waals surface area contributed by atoms with Gasteiger partial charge in [-0.2, -0.15) is 0 Å². The zero-order valence-corrected chi connectivity index (χ0v) is 17.0. The molecule has 5 nitrogen and oxygen atoms in total. The SMILES string of the molecule is CN=C(NCCc1c[nH]c2cc(F)ccc12)NCc1nc(C(C)(C)C)cs1. The summed E-state index contributed by atoms with van der Waals surface area (Å²) in [7, 11) is 1.76. The highest BCUT2D eigenvalue weighted by atomic mass is 32.1. The summed E-state index contributed by atoms with van der Waals surface area (Å²) in [4.78, 5) is 12.1. The lowest BCUT2D eigenvalue weighted by molar-refractivity contribution is 0.570. The quantitative estimate of drug-likeness (QED) is 0.458. The molecule has 0 unspecified atom stereocenters. The van der Waals surface area contributed by atoms with Crippen molar-refractivity contribution in [1.29, 1.82) is 0 Å². The van der Waals surface area contributed by atoms with E-state index in [0.29, 0.717) is 6.54 Å². The maximum atomic E-state index is 13.3. The second-order valence-corrected chi connectivity index (χ2v) is 8.43. The molecule has 0 radical (unpaired) electrons. The summed E-state index contributed by atoms with van der Waals surface area (Å²) < 4.78 is 13.3. The van der Waals surface area contributed by atoms with E-state index in [2.05, 4.69) is 51.7 Å². The van der Waals surface area contributed by atoms with Gasteiger partial charge >= 0.3 is 0 Å². The molecule has 7 heteroatoms. The predicted octanol–water partition coefficient (Wildman–Crippen LogP) is 3.97. The smallest absolute Gasteiger partial charge is 0.191 e. The molecule has 0 aliphatic carbocycles. The molecule has 1 aromatic carbocycles. The Hall–Kier alpha value is -2.41. The van der Waals surface area contributed by atoms with Crippen LogP contribution in [0.4, 0.5) is 4.39 Å². The van der Waals surface area contributed by atoms with Gasteiger partial charge in [0, 0.05) is 41.5 Å². The number of H-pyrrole nitrogens is 1. The topological polar surface area (TPSA) is 65.1 Å². The first-order valence-electron chi connectivity index (χ1n) is 9.02. The number of nitrogens with one attached hydrogen (secondary N) is 3. The van der Waals surface area contributed by atoms with Crippen molar-refractivity contribution in [3.63, 3.8) is 0 Å². The summed E-state index contributed by atoms with van der Waals surface area (Å²) >= 11 is 1.66. The van der Waals surface area contributed by atoms with E-state index in [-0.39, 0.29) is 11.2 Å². The number of thiazole rings is 1. The van der Waals surface area contributed by atoms with Gasteiger partial charge in [0.15, 0.2) is 5.96 Å². The minimum atomic E-state index is -0.226. The molecular weight excluding hydrogens is 361 g/mol. The number of hydrogen-bond acceptors (Lipinski definition) is 3. The van der Waals surface area contributed by atoms with E-state index in [0.717, 1.165) is 46.1 Å². The average Bonchev–Trinajstić information content (AvgIpc) is 3.24. The molecule has 0 fully saturated rings. The van der Waals surface area contributed by atoms with Gasteiger partial charge in [0.25, 0.3) is 0 Å². The zero-order valence-electron chi connectivity index (χ0n) is 16.2. The summed E-state index contributed by atoms with van der Waals surface area (Å²) in [6.45, 7) is 7.87. The molecule has 0 saturated carbocycles. The van der Waals surface area contributed by atoms with Crippen LogP contribution in [0.2, 0.25) is 0 Å². The van der Waals surface area contributed by atoms with Crippen LogP contribution >= 0.6 is 11.3 Å². The molecule has 0 atom stereocenters. The number of halogens is 1. The third-order valence-corrected chi connectivity index (χ3v) is 5.22. The van der Waals surface area contributed by atoms with Crippen LogP contribution in [-0.4, -0.2) is 29.5 Å². The van der Waals surface area contributed by atoms with Crippen LogP contribution in [0.5, 0.6) is 0 Å². The molecule has 2 heterocycles. The Labute approximate surface area is 163 Å². The van der Waals surface area contributed by atoms with E-state index in [1.54, 1.807) is 18.4 Å². The molecule has 144 valence electrons. The molecule has 0 aliphatic rings. The van der Waals surface area contributed by atoms with Crippen LogP contribution in [0.15, 0.2) is 34.8 Å². The zero-order chi connectivity index (χ0) is 19.4. The molecule has 0 amide bonds. The van der Waals surface area contributed by atoms with Gasteiger partial charge in [0.2, 0.25) is 0 Å². The van der Waals surface area contributed by atoms with Crippen molar-refractivity contribution >= 4 is 28.2 Å². The lowest BCUT2D eigenvalue weighted by atomic mass is 9.93. The van der Waals surface area contributed by atoms with Crippen LogP contribution in [0.25, 0.3) is 10.9 Å². The van der Waals surface area contributed by atoms with Crippen LogP contribution in [0, 0.1) is 5.82 Å². The standard InChI is InChI=1S/C20H26FN5S/c1-20(2,3)17-12-27-18(26-17)11-25-19(22-4)23-8-7-13-10-24-16-9-14(21)5-6-15(13)16/h5-6,9-10,12,24H,7-8,11H2,1-4H3,(H2,22,23,25). The number of aliphatic imine (C=N–C) groups is 1. The fourth-order valence-electron chi connectivity index (χ4n) is 2.80. The van der Waals surface area contributed by atoms with Crippen LogP contribution in [-0.2, 0) is 18.4 Å². The molecular formula is C20H26FN5S. The Balaban J connectivity index is 1.51. The number of rotatable bonds is 5. The lowest BCUT2D eigenvalue weighted by Gasteiger charge is -2.14. The highest BCUT2D eigenvalue weighted by Crippen LogP contribution is 2.23. The van der Waals surface area contributed by atoms with Crippen molar-refractivity contribution in [2.24, 2.45) is 4.99 Å². The average molecular weight is 388 g/mol. The number of fused-ring (bicyclic) bond motifs is 1. The number of nitrogens with zero attached hydrogens (tertiary/aromatic N) is 2. The van der Waals surface area contributed by atoms with Crippen molar-refractivity contribution in [3.05, 3.63) is 51.9 Å². The van der Waals surface area contributed by atoms with Gasteiger partial charge in [-0.05, 0) is 30.2 Å². The minimum absolute atomic E-state index is 0.0664. The minimum Gasteiger partial charge on any atom is -0.361 e. The summed E-state index contributed by atoms with van der Waals surface area (Å²) in [6.07, 6.45) is 2.75. The maximum Gasteiger partial charge on any atom is 0.191 e. The number of guanidine groups is 1. The Morgan fingerprint density at radius 2 is 2.11 bits per heavy atom. The Kier molecular flexibility index (Phi) is 5.79. The third kappa shape index (κ3) is 4.86. The normalized spacial score (nSPS) is 12.6. The fourth-order valence-corrected chi connectivity index (χ4v) is 3.76. The van der Waals surface area contributed by atoms with Gasteiger partial charge in [-0.3, -0.25) is 4.99 Å². The van der Waals surface area contributed by atoms with Crippen molar-refractivity contribution < 1.29 is 4.39 Å². The second kappa shape index (κ2) is 8.08. The van der Waals surface area contributed by atoms with Gasteiger partial charge in [-0.15, -0.1) is 11.3 Å². The van der Waals surface area contributed by atoms with Crippen molar-refractivity contribution in [2.45, 2.75) is 39.2 Å². The molecule has 0 bridgehead atoms. The van der Waals surface area contributed by atoms with Crippen molar-refractivity contribution in [2.75, 3.05) is 13.6 Å². The van der Waals surface area contributed by atoms with E-state index in [9.17, 15) is 4.39 Å². The van der Waals surface area contributed by atoms with Gasteiger partial charge in [0.1, 0.15) is 10.8 Å². The maximum absolute atomic E-state index is 13.3. The largest absolute Gasteiger partial charge is 0.361 e. The summed E-state index contributed by atoms with van der Waals surface area (Å²) in [6, 6.07) is 4.83. The molecule has 3 aromatic rings. The van der Waals surface area contributed by atoms with Gasteiger partial charge in [-0.1, -0.05) is 20.8 Å². The fraction of sp³-hybridized carbons (Fsp3) is 0.400. The van der Waals surface area contributed by atoms with E-state index in [1.165, 1.54) is 12.1 Å². The van der Waals surface area contributed by atoms with Gasteiger partial charge < -0.3 is 15.6 Å². The molecule has 2 aromatic heterocycles. The second-order valence-electron chi connectivity index (χ2n) is 7.48. The molecule has 27 heavy (non-hydrogen) atoms. The van der Waals surface area contributed by atoms with Crippen LogP contribution in [0.1, 0.15) is 37.0 Å². The first kappa shape index (κ1) is 19.4. The Morgan fingerprint density at radius 1 is 1.30 bits per heavy atom. The molecule has 3 rings (SSSR count). The van der Waals surface area contributed by atoms with Crippen LogP contribution < -0.4 is 10.6 Å². The molecule has 0 saturated heterocycles. The summed E-state index contributed by atoms with van der Waals surface area (Å²) in [5.74, 6) is 0.517. The highest BCUT2D eigenvalue weighted by Gasteiger charge is 2.17. The summed E-state index contributed by atoms with van der Waals surface area (Å²) in [5, 5.41) is 10.8. The number of aromatic nitrogens is 2.